The molecule has 0 unspecified atom stereocenters. The van der Waals surface area contributed by atoms with Crippen LogP contribution in [0.3, 0.4) is 0 Å². The van der Waals surface area contributed by atoms with Crippen molar-refractivity contribution < 1.29 is 35.9 Å². The molecule has 11 heteroatoms. The molecule has 7 nitrogen and oxygen atoms in total. The fourth-order valence-corrected chi connectivity index (χ4v) is 3.37. The van der Waals surface area contributed by atoms with Crippen LogP contribution in [0.4, 0.5) is 18.9 Å². The van der Waals surface area contributed by atoms with Crippen LogP contribution in [0, 0.1) is 6.92 Å². The van der Waals surface area contributed by atoms with E-state index < -0.39 is 34.6 Å². The van der Waals surface area contributed by atoms with E-state index in [9.17, 15) is 31.2 Å². The number of carbonyl (C=O) groups is 2. The van der Waals surface area contributed by atoms with E-state index in [-0.39, 0.29) is 21.7 Å². The number of anilines is 1. The summed E-state index contributed by atoms with van der Waals surface area (Å²) in [5.41, 5.74) is 0.717. The highest BCUT2D eigenvalue weighted by Crippen LogP contribution is 2.22. The van der Waals surface area contributed by atoms with Crippen molar-refractivity contribution in [3.05, 3.63) is 59.2 Å². The van der Waals surface area contributed by atoms with Gasteiger partial charge in [-0.1, -0.05) is 6.07 Å². The Hall–Kier alpha value is -3.08. The van der Waals surface area contributed by atoms with Crippen LogP contribution in [0.25, 0.3) is 0 Å². The highest BCUT2D eigenvalue weighted by atomic mass is 32.2. The Morgan fingerprint density at radius 2 is 1.62 bits per heavy atom. The number of ether oxygens (including phenoxy) is 1. The smallest absolute Gasteiger partial charge is 0.405 e. The van der Waals surface area contributed by atoms with E-state index in [2.05, 4.69) is 9.46 Å². The van der Waals surface area contributed by atoms with Crippen molar-refractivity contribution in [3.63, 3.8) is 0 Å². The molecule has 1 amide bonds. The van der Waals surface area contributed by atoms with E-state index in [1.54, 1.807) is 12.2 Å². The summed E-state index contributed by atoms with van der Waals surface area (Å²) in [4.78, 5) is 23.1. The summed E-state index contributed by atoms with van der Waals surface area (Å²) in [6, 6.07) is 8.70. The number of hydrogen-bond donors (Lipinski definition) is 2. The van der Waals surface area contributed by atoms with Crippen LogP contribution in [-0.4, -0.2) is 40.1 Å². The molecule has 2 aromatic rings. The molecule has 0 aliphatic heterocycles. The molecule has 0 aromatic heterocycles. The highest BCUT2D eigenvalue weighted by molar-refractivity contribution is 7.92. The second-order valence-corrected chi connectivity index (χ2v) is 7.63. The molecule has 156 valence electrons. The van der Waals surface area contributed by atoms with Gasteiger partial charge in [-0.3, -0.25) is 9.52 Å². The van der Waals surface area contributed by atoms with Gasteiger partial charge in [-0.05, 0) is 48.9 Å². The second kappa shape index (κ2) is 8.52. The number of aryl methyl sites for hydroxylation is 1. The van der Waals surface area contributed by atoms with Gasteiger partial charge < -0.3 is 10.1 Å². The maximum Gasteiger partial charge on any atom is 0.405 e. The van der Waals surface area contributed by atoms with E-state index in [4.69, 9.17) is 0 Å². The van der Waals surface area contributed by atoms with Gasteiger partial charge in [0.15, 0.2) is 0 Å². The first-order valence-corrected chi connectivity index (χ1v) is 9.58. The normalized spacial score (nSPS) is 11.6. The average molecular weight is 430 g/mol. The zero-order valence-electron chi connectivity index (χ0n) is 15.3. The third-order valence-electron chi connectivity index (χ3n) is 3.78. The zero-order valence-corrected chi connectivity index (χ0v) is 16.1. The van der Waals surface area contributed by atoms with Crippen molar-refractivity contribution in [2.75, 3.05) is 18.4 Å². The van der Waals surface area contributed by atoms with E-state index in [1.165, 1.54) is 25.3 Å². The first-order valence-electron chi connectivity index (χ1n) is 8.10. The lowest BCUT2D eigenvalue weighted by molar-refractivity contribution is -0.123. The number of sulfonamides is 1. The van der Waals surface area contributed by atoms with Crippen LogP contribution in [0.2, 0.25) is 0 Å². The van der Waals surface area contributed by atoms with Gasteiger partial charge in [0.1, 0.15) is 6.54 Å². The lowest BCUT2D eigenvalue weighted by atomic mass is 10.1. The van der Waals surface area contributed by atoms with Crippen LogP contribution >= 0.6 is 0 Å². The Kier molecular flexibility index (Phi) is 6.52. The summed E-state index contributed by atoms with van der Waals surface area (Å²) in [5.74, 6) is -1.62. The predicted octanol–water partition coefficient (Wildman–Crippen LogP) is 2.87. The molecule has 0 fully saturated rings. The van der Waals surface area contributed by atoms with Gasteiger partial charge in [-0.15, -0.1) is 0 Å². The van der Waals surface area contributed by atoms with Crippen molar-refractivity contribution in [2.24, 2.45) is 0 Å². The predicted molar refractivity (Wildman–Crippen MR) is 98.2 cm³/mol. The van der Waals surface area contributed by atoms with Gasteiger partial charge in [0.25, 0.3) is 15.9 Å². The number of amides is 1. The lowest BCUT2D eigenvalue weighted by Crippen LogP contribution is -2.33. The van der Waals surface area contributed by atoms with Gasteiger partial charge in [-0.2, -0.15) is 13.2 Å². The van der Waals surface area contributed by atoms with E-state index in [1.807, 2.05) is 0 Å². The summed E-state index contributed by atoms with van der Waals surface area (Å²) in [7, 11) is -2.88. The van der Waals surface area contributed by atoms with Gasteiger partial charge in [0, 0.05) is 5.56 Å². The first-order chi connectivity index (χ1) is 13.4. The SMILES string of the molecule is COC(=O)c1ccc(C)c(NS(=O)(=O)c2ccc(C(=O)NCC(F)(F)F)cc2)c1. The van der Waals surface area contributed by atoms with Crippen LogP contribution < -0.4 is 10.0 Å². The highest BCUT2D eigenvalue weighted by Gasteiger charge is 2.28. The van der Waals surface area contributed by atoms with E-state index in [0.717, 1.165) is 24.3 Å². The monoisotopic (exact) mass is 430 g/mol. The number of carbonyl (C=O) groups excluding carboxylic acids is 2. The maximum absolute atomic E-state index is 12.6. The minimum Gasteiger partial charge on any atom is -0.465 e. The van der Waals surface area contributed by atoms with Gasteiger partial charge >= 0.3 is 12.1 Å². The van der Waals surface area contributed by atoms with Crippen molar-refractivity contribution in [2.45, 2.75) is 18.0 Å². The third kappa shape index (κ3) is 5.95. The number of alkyl halides is 3. The molecule has 0 saturated carbocycles. The zero-order chi connectivity index (χ0) is 21.8. The molecule has 2 rings (SSSR count). The summed E-state index contributed by atoms with van der Waals surface area (Å²) >= 11 is 0. The molecule has 2 aromatic carbocycles. The Morgan fingerprint density at radius 3 is 2.17 bits per heavy atom. The Labute approximate surface area is 164 Å². The fraction of sp³-hybridized carbons (Fsp3) is 0.222. The standard InChI is InChI=1S/C18H17F3N2O5S/c1-11-3-4-13(17(25)28-2)9-15(11)23-29(26,27)14-7-5-12(6-8-14)16(24)22-10-18(19,20)21/h3-9,23H,10H2,1-2H3,(H,22,24). The molecule has 29 heavy (non-hydrogen) atoms. The van der Waals surface area contributed by atoms with Gasteiger partial charge in [0.05, 0.1) is 23.3 Å². The molecule has 0 aliphatic rings. The molecule has 0 radical (unpaired) electrons. The third-order valence-corrected chi connectivity index (χ3v) is 5.16. The van der Waals surface area contributed by atoms with E-state index in [0.29, 0.717) is 5.56 Å². The Bertz CT molecular complexity index is 1020. The van der Waals surface area contributed by atoms with Crippen molar-refractivity contribution >= 4 is 27.6 Å². The number of esters is 1. The van der Waals surface area contributed by atoms with Crippen LogP contribution in [-0.2, 0) is 14.8 Å². The molecule has 0 heterocycles. The number of halogens is 3. The quantitative estimate of drug-likeness (QED) is 0.687. The van der Waals surface area contributed by atoms with Crippen LogP contribution in [0.15, 0.2) is 47.4 Å². The Morgan fingerprint density at radius 1 is 1.03 bits per heavy atom. The molecule has 0 atom stereocenters. The minimum atomic E-state index is -4.56. The summed E-state index contributed by atoms with van der Waals surface area (Å²) in [5, 5.41) is 1.69. The molecule has 0 aliphatic carbocycles. The molecule has 0 bridgehead atoms. The van der Waals surface area contributed by atoms with E-state index >= 15 is 0 Å². The Balaban J connectivity index is 2.20. The number of nitrogens with one attached hydrogen (secondary N) is 2. The van der Waals surface area contributed by atoms with Crippen LogP contribution in [0.1, 0.15) is 26.3 Å². The largest absolute Gasteiger partial charge is 0.465 e. The number of methoxy groups -OCH3 is 1. The molecule has 0 saturated heterocycles. The molecule has 2 N–H and O–H groups in total. The first kappa shape index (κ1) is 22.2. The fourth-order valence-electron chi connectivity index (χ4n) is 2.25. The molecular weight excluding hydrogens is 413 g/mol. The van der Waals surface area contributed by atoms with Gasteiger partial charge in [0.2, 0.25) is 0 Å². The minimum absolute atomic E-state index is 0.128. The molecule has 0 spiro atoms. The number of rotatable bonds is 6. The number of hydrogen-bond acceptors (Lipinski definition) is 5. The topological polar surface area (TPSA) is 102 Å². The second-order valence-electron chi connectivity index (χ2n) is 5.95. The van der Waals surface area contributed by atoms with Crippen molar-refractivity contribution in [1.29, 1.82) is 0 Å². The molecular formula is C18H17F3N2O5S. The summed E-state index contributed by atoms with van der Waals surface area (Å²) < 4.78 is 68.5. The summed E-state index contributed by atoms with van der Waals surface area (Å²) in [6.45, 7) is 0.135. The van der Waals surface area contributed by atoms with Crippen molar-refractivity contribution in [1.82, 2.24) is 5.32 Å². The maximum atomic E-state index is 12.6. The number of benzene rings is 2. The lowest BCUT2D eigenvalue weighted by Gasteiger charge is -2.12. The van der Waals surface area contributed by atoms with Gasteiger partial charge in [-0.25, -0.2) is 13.2 Å². The van der Waals surface area contributed by atoms with Crippen LogP contribution in [0.5, 0.6) is 0 Å². The van der Waals surface area contributed by atoms with Crippen molar-refractivity contribution in [3.8, 4) is 0 Å². The summed E-state index contributed by atoms with van der Waals surface area (Å²) in [6.07, 6.45) is -4.56. The average Bonchev–Trinajstić information content (AvgIpc) is 2.66.